The standard InChI is InChI=1S/C27H24N2O3S/c1-16(13-24(30)29-27-28-11-12-33-27)21-14-22-23(15-32-26(22)17(2)25(21)31-3)20-10-6-8-18-7-4-5-9-19(18)20/h4-10,13-15H,11-12H2,1-3H3,(H,28,29,30)/b16-13+. The highest BCUT2D eigenvalue weighted by atomic mass is 32.2. The van der Waals surface area contributed by atoms with Crippen molar-refractivity contribution in [3.05, 3.63) is 72.0 Å². The molecule has 2 heterocycles. The van der Waals surface area contributed by atoms with E-state index in [0.29, 0.717) is 10.9 Å². The Morgan fingerprint density at radius 2 is 1.97 bits per heavy atom. The highest BCUT2D eigenvalue weighted by Gasteiger charge is 2.20. The molecule has 3 aromatic carbocycles. The Morgan fingerprint density at radius 3 is 2.76 bits per heavy atom. The third-order valence-electron chi connectivity index (χ3n) is 5.92. The van der Waals surface area contributed by atoms with E-state index in [4.69, 9.17) is 9.15 Å². The first kappa shape index (κ1) is 21.3. The van der Waals surface area contributed by atoms with Crippen LogP contribution in [0.5, 0.6) is 5.75 Å². The topological polar surface area (TPSA) is 63.8 Å². The minimum atomic E-state index is -0.193. The molecule has 1 N–H and O–H groups in total. The molecule has 33 heavy (non-hydrogen) atoms. The highest BCUT2D eigenvalue weighted by Crippen LogP contribution is 2.42. The van der Waals surface area contributed by atoms with Gasteiger partial charge in [0.1, 0.15) is 11.3 Å². The van der Waals surface area contributed by atoms with Gasteiger partial charge in [-0.2, -0.15) is 0 Å². The molecule has 5 rings (SSSR count). The Labute approximate surface area is 196 Å². The van der Waals surface area contributed by atoms with E-state index in [-0.39, 0.29) is 5.91 Å². The summed E-state index contributed by atoms with van der Waals surface area (Å²) in [5, 5.41) is 6.87. The number of carbonyl (C=O) groups excluding carboxylic acids is 1. The number of carbonyl (C=O) groups is 1. The van der Waals surface area contributed by atoms with Crippen LogP contribution in [0.1, 0.15) is 18.1 Å². The Hall–Kier alpha value is -3.51. The quantitative estimate of drug-likeness (QED) is 0.372. The number of ether oxygens (including phenoxy) is 1. The first-order chi connectivity index (χ1) is 16.1. The molecule has 0 atom stereocenters. The normalized spacial score (nSPS) is 14.0. The molecule has 0 spiro atoms. The Bertz CT molecular complexity index is 1440. The van der Waals surface area contributed by atoms with Crippen molar-refractivity contribution in [2.24, 2.45) is 4.99 Å². The van der Waals surface area contributed by atoms with Crippen LogP contribution < -0.4 is 10.1 Å². The van der Waals surface area contributed by atoms with Gasteiger partial charge in [0.05, 0.1) is 19.9 Å². The molecule has 1 aliphatic heterocycles. The number of thioether (sulfide) groups is 1. The molecule has 0 bridgehead atoms. The average Bonchev–Trinajstić information content (AvgIpc) is 3.48. The number of nitrogens with one attached hydrogen (secondary N) is 1. The van der Waals surface area contributed by atoms with Crippen LogP contribution in [-0.4, -0.2) is 30.5 Å². The molecule has 0 aliphatic carbocycles. The summed E-state index contributed by atoms with van der Waals surface area (Å²) in [5.74, 6) is 1.41. The summed E-state index contributed by atoms with van der Waals surface area (Å²) in [6.45, 7) is 4.65. The minimum Gasteiger partial charge on any atom is -0.496 e. The van der Waals surface area contributed by atoms with Crippen molar-refractivity contribution in [1.82, 2.24) is 5.32 Å². The molecule has 1 aromatic heterocycles. The Morgan fingerprint density at radius 1 is 1.15 bits per heavy atom. The summed E-state index contributed by atoms with van der Waals surface area (Å²) < 4.78 is 11.8. The lowest BCUT2D eigenvalue weighted by Crippen LogP contribution is -2.25. The van der Waals surface area contributed by atoms with Crippen LogP contribution in [0.25, 0.3) is 38.4 Å². The summed E-state index contributed by atoms with van der Waals surface area (Å²) in [6.07, 6.45) is 3.41. The summed E-state index contributed by atoms with van der Waals surface area (Å²) in [4.78, 5) is 16.9. The van der Waals surface area contributed by atoms with Gasteiger partial charge < -0.3 is 14.5 Å². The average molecular weight is 457 g/mol. The monoisotopic (exact) mass is 456 g/mol. The molecule has 0 saturated heterocycles. The van der Waals surface area contributed by atoms with Gasteiger partial charge in [0.25, 0.3) is 0 Å². The molecular formula is C27H24N2O3S. The highest BCUT2D eigenvalue weighted by molar-refractivity contribution is 8.14. The van der Waals surface area contributed by atoms with Gasteiger partial charge in [0.2, 0.25) is 5.91 Å². The van der Waals surface area contributed by atoms with Crippen LogP contribution in [-0.2, 0) is 4.79 Å². The van der Waals surface area contributed by atoms with Gasteiger partial charge in [-0.3, -0.25) is 9.79 Å². The number of aryl methyl sites for hydroxylation is 1. The second-order valence-electron chi connectivity index (χ2n) is 7.99. The zero-order valence-electron chi connectivity index (χ0n) is 18.8. The van der Waals surface area contributed by atoms with E-state index in [1.165, 1.54) is 10.8 Å². The van der Waals surface area contributed by atoms with Crippen LogP contribution in [0.15, 0.2) is 70.3 Å². The third-order valence-corrected chi connectivity index (χ3v) is 6.81. The van der Waals surface area contributed by atoms with Gasteiger partial charge in [-0.25, -0.2) is 0 Å². The first-order valence-electron chi connectivity index (χ1n) is 10.8. The fraction of sp³-hybridized carbons (Fsp3) is 0.185. The summed E-state index contributed by atoms with van der Waals surface area (Å²) in [5.41, 5.74) is 5.48. The van der Waals surface area contributed by atoms with Crippen molar-refractivity contribution in [2.75, 3.05) is 19.4 Å². The number of benzene rings is 3. The minimum absolute atomic E-state index is 0.193. The largest absolute Gasteiger partial charge is 0.496 e. The molecule has 166 valence electrons. The van der Waals surface area contributed by atoms with Gasteiger partial charge >= 0.3 is 0 Å². The number of furan rings is 1. The third kappa shape index (κ3) is 3.91. The predicted octanol–water partition coefficient (Wildman–Crippen LogP) is 6.19. The second-order valence-corrected chi connectivity index (χ2v) is 9.07. The molecular weight excluding hydrogens is 432 g/mol. The van der Waals surface area contributed by atoms with Crippen molar-refractivity contribution in [1.29, 1.82) is 0 Å². The van der Waals surface area contributed by atoms with E-state index in [0.717, 1.165) is 51.1 Å². The number of aliphatic imine (C=N–C) groups is 1. The van der Waals surface area contributed by atoms with E-state index in [9.17, 15) is 4.79 Å². The van der Waals surface area contributed by atoms with Crippen molar-refractivity contribution >= 4 is 50.2 Å². The number of amidine groups is 1. The molecule has 1 amide bonds. The van der Waals surface area contributed by atoms with Crippen molar-refractivity contribution in [3.63, 3.8) is 0 Å². The van der Waals surface area contributed by atoms with Gasteiger partial charge in [-0.05, 0) is 41.8 Å². The lowest BCUT2D eigenvalue weighted by Gasteiger charge is -2.13. The van der Waals surface area contributed by atoms with Gasteiger partial charge in [0.15, 0.2) is 5.17 Å². The number of allylic oxidation sites excluding steroid dienone is 1. The van der Waals surface area contributed by atoms with Gasteiger partial charge in [-0.1, -0.05) is 54.2 Å². The summed E-state index contributed by atoms with van der Waals surface area (Å²) >= 11 is 1.56. The van der Waals surface area contributed by atoms with Gasteiger partial charge in [0, 0.05) is 33.9 Å². The van der Waals surface area contributed by atoms with Crippen LogP contribution in [0.3, 0.4) is 0 Å². The smallest absolute Gasteiger partial charge is 0.250 e. The molecule has 4 aromatic rings. The number of nitrogens with zero attached hydrogens (tertiary/aromatic N) is 1. The number of rotatable bonds is 4. The SMILES string of the molecule is COc1c(/C(C)=C/C(=O)NC2=NCCS2)cc2c(-c3cccc4ccccc34)coc2c1C. The number of methoxy groups -OCH3 is 1. The lowest BCUT2D eigenvalue weighted by molar-refractivity contribution is -0.115. The van der Waals surface area contributed by atoms with Crippen LogP contribution >= 0.6 is 11.8 Å². The van der Waals surface area contributed by atoms with E-state index in [1.54, 1.807) is 24.9 Å². The molecule has 6 heteroatoms. The summed E-state index contributed by atoms with van der Waals surface area (Å²) in [6, 6.07) is 16.7. The molecule has 0 fully saturated rings. The number of hydrogen-bond acceptors (Lipinski definition) is 5. The fourth-order valence-corrected chi connectivity index (χ4v) is 5.10. The maximum Gasteiger partial charge on any atom is 0.250 e. The Balaban J connectivity index is 1.64. The predicted molar refractivity (Wildman–Crippen MR) is 137 cm³/mol. The zero-order valence-corrected chi connectivity index (χ0v) is 19.6. The van der Waals surface area contributed by atoms with E-state index < -0.39 is 0 Å². The van der Waals surface area contributed by atoms with Crippen molar-refractivity contribution in [3.8, 4) is 16.9 Å². The summed E-state index contributed by atoms with van der Waals surface area (Å²) in [7, 11) is 1.64. The second kappa shape index (κ2) is 8.79. The van der Waals surface area contributed by atoms with E-state index >= 15 is 0 Å². The van der Waals surface area contributed by atoms with Crippen molar-refractivity contribution < 1.29 is 13.9 Å². The number of fused-ring (bicyclic) bond motifs is 2. The van der Waals surface area contributed by atoms with Crippen LogP contribution in [0.4, 0.5) is 0 Å². The Kier molecular flexibility index (Phi) is 5.68. The van der Waals surface area contributed by atoms with E-state index in [2.05, 4.69) is 46.7 Å². The van der Waals surface area contributed by atoms with Crippen molar-refractivity contribution in [2.45, 2.75) is 13.8 Å². The van der Waals surface area contributed by atoms with E-state index in [1.807, 2.05) is 32.2 Å². The maximum absolute atomic E-state index is 12.6. The molecule has 1 aliphatic rings. The molecule has 0 radical (unpaired) electrons. The molecule has 0 unspecified atom stereocenters. The molecule has 5 nitrogen and oxygen atoms in total. The number of hydrogen-bond donors (Lipinski definition) is 1. The maximum atomic E-state index is 12.6. The first-order valence-corrected chi connectivity index (χ1v) is 11.8. The fourth-order valence-electron chi connectivity index (χ4n) is 4.37. The zero-order chi connectivity index (χ0) is 22.9. The van der Waals surface area contributed by atoms with Crippen LogP contribution in [0.2, 0.25) is 0 Å². The molecule has 0 saturated carbocycles. The van der Waals surface area contributed by atoms with Gasteiger partial charge in [-0.15, -0.1) is 0 Å². The lowest BCUT2D eigenvalue weighted by atomic mass is 9.94. The number of amides is 1. The van der Waals surface area contributed by atoms with Crippen LogP contribution in [0, 0.1) is 6.92 Å².